The van der Waals surface area contributed by atoms with Crippen LogP contribution in [0.5, 0.6) is 0 Å². The van der Waals surface area contributed by atoms with Crippen LogP contribution < -0.4 is 0 Å². The summed E-state index contributed by atoms with van der Waals surface area (Å²) in [6.45, 7) is 2.92. The van der Waals surface area contributed by atoms with Gasteiger partial charge in [0.2, 0.25) is 0 Å². The second kappa shape index (κ2) is 6.46. The highest BCUT2D eigenvalue weighted by atomic mass is 79.9. The van der Waals surface area contributed by atoms with Crippen molar-refractivity contribution in [2.45, 2.75) is 24.0 Å². The Morgan fingerprint density at radius 2 is 2.14 bits per heavy atom. The second-order valence-corrected chi connectivity index (χ2v) is 7.90. The number of rotatable bonds is 3. The second-order valence-electron chi connectivity index (χ2n) is 5.23. The number of ether oxygens (including phenoxy) is 1. The number of nitrogens with zero attached hydrogens (tertiary/aromatic N) is 1. The molecule has 1 fully saturated rings. The lowest BCUT2D eigenvalue weighted by molar-refractivity contribution is -0.0559. The number of amides is 1. The van der Waals surface area contributed by atoms with E-state index in [0.29, 0.717) is 24.0 Å². The van der Waals surface area contributed by atoms with Gasteiger partial charge in [-0.3, -0.25) is 4.79 Å². The summed E-state index contributed by atoms with van der Waals surface area (Å²) in [4.78, 5) is 14.4. The third-order valence-corrected chi connectivity index (χ3v) is 5.13. The van der Waals surface area contributed by atoms with Crippen LogP contribution in [0.25, 0.3) is 0 Å². The van der Waals surface area contributed by atoms with Crippen LogP contribution >= 0.6 is 15.9 Å². The minimum absolute atomic E-state index is 0.0386. The van der Waals surface area contributed by atoms with Gasteiger partial charge in [-0.05, 0) is 25.1 Å². The van der Waals surface area contributed by atoms with Gasteiger partial charge in [-0.15, -0.1) is 0 Å². The van der Waals surface area contributed by atoms with Crippen LogP contribution in [0.4, 0.5) is 0 Å². The number of halogens is 1. The first-order valence-electron chi connectivity index (χ1n) is 6.62. The van der Waals surface area contributed by atoms with Crippen LogP contribution in [-0.4, -0.2) is 56.1 Å². The molecule has 0 spiro atoms. The summed E-state index contributed by atoms with van der Waals surface area (Å²) in [5.41, 5.74) is 0.389. The Bertz CT molecular complexity index is 632. The summed E-state index contributed by atoms with van der Waals surface area (Å²) < 4.78 is 28.9. The van der Waals surface area contributed by atoms with E-state index in [2.05, 4.69) is 15.9 Å². The van der Waals surface area contributed by atoms with E-state index < -0.39 is 9.84 Å². The third kappa shape index (κ3) is 4.05. The fraction of sp³-hybridized carbons (Fsp3) is 0.500. The normalized spacial score (nSPS) is 23.1. The van der Waals surface area contributed by atoms with E-state index in [0.717, 1.165) is 6.26 Å². The molecule has 116 valence electrons. The Labute approximate surface area is 133 Å². The highest BCUT2D eigenvalue weighted by Gasteiger charge is 2.28. The molecule has 0 N–H and O–H groups in total. The van der Waals surface area contributed by atoms with E-state index in [1.54, 1.807) is 17.0 Å². The van der Waals surface area contributed by atoms with Gasteiger partial charge < -0.3 is 9.64 Å². The molecule has 2 rings (SSSR count). The van der Waals surface area contributed by atoms with Gasteiger partial charge in [0.25, 0.3) is 5.91 Å². The van der Waals surface area contributed by atoms with Crippen LogP contribution in [0.2, 0.25) is 0 Å². The molecule has 0 radical (unpaired) electrons. The quantitative estimate of drug-likeness (QED) is 0.754. The fourth-order valence-corrected chi connectivity index (χ4v) is 3.36. The first-order chi connectivity index (χ1) is 9.81. The molecular weight excluding hydrogens is 358 g/mol. The van der Waals surface area contributed by atoms with E-state index in [1.165, 1.54) is 12.1 Å². The van der Waals surface area contributed by atoms with Crippen LogP contribution in [0, 0.1) is 0 Å². The van der Waals surface area contributed by atoms with Crippen molar-refractivity contribution < 1.29 is 17.9 Å². The molecule has 1 aromatic carbocycles. The Morgan fingerprint density at radius 1 is 1.43 bits per heavy atom. The molecular formula is C14H18BrNO4S. The summed E-state index contributed by atoms with van der Waals surface area (Å²) in [7, 11) is -3.32. The van der Waals surface area contributed by atoms with Gasteiger partial charge in [-0.2, -0.15) is 0 Å². The monoisotopic (exact) mass is 375 g/mol. The van der Waals surface area contributed by atoms with Gasteiger partial charge in [0.1, 0.15) is 0 Å². The maximum absolute atomic E-state index is 12.5. The Hall–Kier alpha value is -0.920. The van der Waals surface area contributed by atoms with Crippen molar-refractivity contribution in [3.8, 4) is 0 Å². The van der Waals surface area contributed by atoms with E-state index in [9.17, 15) is 13.2 Å². The summed E-state index contributed by atoms with van der Waals surface area (Å²) >= 11 is 3.37. The average molecular weight is 376 g/mol. The lowest BCUT2D eigenvalue weighted by Crippen LogP contribution is -2.49. The number of carbonyl (C=O) groups is 1. The van der Waals surface area contributed by atoms with Crippen molar-refractivity contribution in [1.82, 2.24) is 4.90 Å². The molecule has 1 aliphatic heterocycles. The van der Waals surface area contributed by atoms with E-state index in [-0.39, 0.29) is 23.0 Å². The zero-order valence-electron chi connectivity index (χ0n) is 12.0. The molecule has 1 saturated heterocycles. The molecule has 7 heteroatoms. The first kappa shape index (κ1) is 16.5. The molecule has 0 aromatic heterocycles. The SMILES string of the molecule is CC1CN(C(=O)c2cccc(S(C)(=O)=O)c2)CC(CBr)O1. The third-order valence-electron chi connectivity index (χ3n) is 3.29. The molecule has 1 aromatic rings. The van der Waals surface area contributed by atoms with Crippen molar-refractivity contribution in [3.63, 3.8) is 0 Å². The molecule has 1 heterocycles. The zero-order valence-corrected chi connectivity index (χ0v) is 14.4. The molecule has 1 aliphatic rings. The standard InChI is InChI=1S/C14H18BrNO4S/c1-10-8-16(9-12(7-15)20-10)14(17)11-4-3-5-13(6-11)21(2,18)19/h3-6,10,12H,7-9H2,1-2H3. The number of carbonyl (C=O) groups excluding carboxylic acids is 1. The van der Waals surface area contributed by atoms with Crippen LogP contribution in [-0.2, 0) is 14.6 Å². The summed E-state index contributed by atoms with van der Waals surface area (Å²) in [5, 5.41) is 0.657. The average Bonchev–Trinajstić information content (AvgIpc) is 2.45. The Kier molecular flexibility index (Phi) is 5.06. The van der Waals surface area contributed by atoms with Gasteiger partial charge in [0.05, 0.1) is 17.1 Å². The molecule has 21 heavy (non-hydrogen) atoms. The lowest BCUT2D eigenvalue weighted by Gasteiger charge is -2.36. The zero-order chi connectivity index (χ0) is 15.6. The largest absolute Gasteiger partial charge is 0.371 e. The molecule has 1 amide bonds. The number of benzene rings is 1. The molecule has 5 nitrogen and oxygen atoms in total. The summed E-state index contributed by atoms with van der Waals surface area (Å²) in [6.07, 6.45) is 1.05. The van der Waals surface area contributed by atoms with E-state index in [4.69, 9.17) is 4.74 Å². The number of sulfone groups is 1. The first-order valence-corrected chi connectivity index (χ1v) is 9.63. The summed E-state index contributed by atoms with van der Waals surface area (Å²) in [6, 6.07) is 6.16. The van der Waals surface area contributed by atoms with Crippen molar-refractivity contribution in [2.75, 3.05) is 24.7 Å². The molecule has 2 unspecified atom stereocenters. The van der Waals surface area contributed by atoms with Gasteiger partial charge in [0, 0.05) is 30.2 Å². The van der Waals surface area contributed by atoms with Gasteiger partial charge in [-0.25, -0.2) is 8.42 Å². The summed E-state index contributed by atoms with van der Waals surface area (Å²) in [5.74, 6) is -0.165. The predicted molar refractivity (Wildman–Crippen MR) is 83.6 cm³/mol. The van der Waals surface area contributed by atoms with Gasteiger partial charge in [0.15, 0.2) is 9.84 Å². The minimum atomic E-state index is -3.32. The highest BCUT2D eigenvalue weighted by Crippen LogP contribution is 2.18. The van der Waals surface area contributed by atoms with Crippen LogP contribution in [0.15, 0.2) is 29.2 Å². The van der Waals surface area contributed by atoms with Gasteiger partial charge >= 0.3 is 0 Å². The maximum Gasteiger partial charge on any atom is 0.254 e. The number of morpholine rings is 1. The molecule has 2 atom stereocenters. The lowest BCUT2D eigenvalue weighted by atomic mass is 10.1. The van der Waals surface area contributed by atoms with Crippen LogP contribution in [0.1, 0.15) is 17.3 Å². The maximum atomic E-state index is 12.5. The highest BCUT2D eigenvalue weighted by molar-refractivity contribution is 9.09. The minimum Gasteiger partial charge on any atom is -0.371 e. The van der Waals surface area contributed by atoms with Crippen molar-refractivity contribution in [1.29, 1.82) is 0 Å². The smallest absolute Gasteiger partial charge is 0.254 e. The van der Waals surface area contributed by atoms with E-state index >= 15 is 0 Å². The van der Waals surface area contributed by atoms with Crippen molar-refractivity contribution in [2.24, 2.45) is 0 Å². The van der Waals surface area contributed by atoms with Crippen molar-refractivity contribution >= 4 is 31.7 Å². The Balaban J connectivity index is 2.24. The van der Waals surface area contributed by atoms with Crippen molar-refractivity contribution in [3.05, 3.63) is 29.8 Å². The van der Waals surface area contributed by atoms with E-state index in [1.807, 2.05) is 6.92 Å². The topological polar surface area (TPSA) is 63.7 Å². The number of alkyl halides is 1. The Morgan fingerprint density at radius 3 is 2.76 bits per heavy atom. The molecule has 0 saturated carbocycles. The predicted octanol–water partition coefficient (Wildman–Crippen LogP) is 1.71. The molecule has 0 aliphatic carbocycles. The van der Waals surface area contributed by atoms with Gasteiger partial charge in [-0.1, -0.05) is 22.0 Å². The number of hydrogen-bond donors (Lipinski definition) is 0. The van der Waals surface area contributed by atoms with Crippen LogP contribution in [0.3, 0.4) is 0 Å². The molecule has 0 bridgehead atoms. The number of hydrogen-bond acceptors (Lipinski definition) is 4. The fourth-order valence-electron chi connectivity index (χ4n) is 2.34.